The van der Waals surface area contributed by atoms with E-state index in [1.165, 1.54) is 10.8 Å². The number of hydrogen-bond donors (Lipinski definition) is 1. The average Bonchev–Trinajstić information content (AvgIpc) is 3.68. The van der Waals surface area contributed by atoms with Gasteiger partial charge in [0.1, 0.15) is 11.7 Å². The van der Waals surface area contributed by atoms with E-state index < -0.39 is 28.3 Å². The van der Waals surface area contributed by atoms with Crippen LogP contribution in [0.5, 0.6) is 0 Å². The van der Waals surface area contributed by atoms with Crippen LogP contribution in [0, 0.1) is 6.92 Å². The van der Waals surface area contributed by atoms with E-state index in [0.29, 0.717) is 42.4 Å². The molecule has 210 valence electrons. The largest absolute Gasteiger partial charge is 0.358 e. The summed E-state index contributed by atoms with van der Waals surface area (Å²) in [6.45, 7) is 2.37. The highest BCUT2D eigenvalue weighted by molar-refractivity contribution is 7.90. The number of aromatic nitrogens is 4. The minimum absolute atomic E-state index is 0.160. The van der Waals surface area contributed by atoms with Crippen molar-refractivity contribution in [3.63, 3.8) is 0 Å². The highest BCUT2D eigenvalue weighted by atomic mass is 32.2. The van der Waals surface area contributed by atoms with Crippen LogP contribution in [0.2, 0.25) is 0 Å². The summed E-state index contributed by atoms with van der Waals surface area (Å²) in [5, 5.41) is 3.23. The minimum Gasteiger partial charge on any atom is -0.358 e. The van der Waals surface area contributed by atoms with Gasteiger partial charge >= 0.3 is 0 Å². The summed E-state index contributed by atoms with van der Waals surface area (Å²) in [6.07, 6.45) is 2.42. The third-order valence-electron chi connectivity index (χ3n) is 7.40. The van der Waals surface area contributed by atoms with E-state index in [9.17, 15) is 17.2 Å². The number of alkyl halides is 2. The quantitative estimate of drug-likeness (QED) is 0.264. The summed E-state index contributed by atoms with van der Waals surface area (Å²) in [7, 11) is -3.59. The van der Waals surface area contributed by atoms with Crippen LogP contribution in [0.4, 0.5) is 20.2 Å². The summed E-state index contributed by atoms with van der Waals surface area (Å²) in [4.78, 5) is 13.9. The zero-order valence-electron chi connectivity index (χ0n) is 22.4. The number of fused-ring (bicyclic) bond motifs is 1. The van der Waals surface area contributed by atoms with E-state index in [0.717, 1.165) is 42.6 Å². The number of sulfone groups is 1. The lowest BCUT2D eigenvalue weighted by Gasteiger charge is -2.25. The maximum Gasteiger partial charge on any atom is 0.295 e. The van der Waals surface area contributed by atoms with Gasteiger partial charge in [0, 0.05) is 30.7 Å². The number of pyridine rings is 2. The monoisotopic (exact) mass is 567 g/mol. The van der Waals surface area contributed by atoms with Gasteiger partial charge in [-0.1, -0.05) is 12.1 Å². The molecule has 2 aliphatic rings. The third-order valence-corrected chi connectivity index (χ3v) is 8.54. The number of nitrogens with one attached hydrogen (secondary N) is 1. The molecule has 3 aromatic heterocycles. The SMILES string of the molecule is Cc1cccc(Cc2cc(Nc3ccc(C4CC4)cc3S(C)(=O)=O)c3nc(C(F)F)n(C4CCCCO4)c3n2)n1. The Morgan fingerprint density at radius 3 is 2.52 bits per heavy atom. The molecule has 0 amide bonds. The molecule has 1 saturated carbocycles. The van der Waals surface area contributed by atoms with Gasteiger partial charge in [-0.2, -0.15) is 0 Å². The molecule has 0 radical (unpaired) electrons. The van der Waals surface area contributed by atoms with Crippen molar-refractivity contribution in [3.8, 4) is 0 Å². The first-order valence-electron chi connectivity index (χ1n) is 13.5. The summed E-state index contributed by atoms with van der Waals surface area (Å²) in [5.41, 5.74) is 4.46. The maximum absolute atomic E-state index is 14.3. The number of nitrogens with zero attached hydrogens (tertiary/aromatic N) is 4. The Labute approximate surface area is 231 Å². The van der Waals surface area contributed by atoms with Gasteiger partial charge < -0.3 is 10.1 Å². The molecule has 1 unspecified atom stereocenters. The molecule has 2 fully saturated rings. The smallest absolute Gasteiger partial charge is 0.295 e. The molecule has 4 heterocycles. The van der Waals surface area contributed by atoms with Gasteiger partial charge in [0.2, 0.25) is 0 Å². The molecule has 1 atom stereocenters. The first kappa shape index (κ1) is 26.8. The third kappa shape index (κ3) is 5.44. The van der Waals surface area contributed by atoms with Gasteiger partial charge in [-0.3, -0.25) is 9.55 Å². The van der Waals surface area contributed by atoms with E-state index in [1.807, 2.05) is 31.2 Å². The lowest BCUT2D eigenvalue weighted by molar-refractivity contribution is -0.0363. The van der Waals surface area contributed by atoms with Crippen LogP contribution in [-0.2, 0) is 21.0 Å². The summed E-state index contributed by atoms with van der Waals surface area (Å²) >= 11 is 0. The molecule has 6 rings (SSSR count). The van der Waals surface area contributed by atoms with E-state index in [4.69, 9.17) is 9.72 Å². The Hall–Kier alpha value is -3.44. The molecule has 40 heavy (non-hydrogen) atoms. The Kier molecular flexibility index (Phi) is 7.03. The van der Waals surface area contributed by atoms with Crippen molar-refractivity contribution in [1.29, 1.82) is 0 Å². The van der Waals surface area contributed by atoms with Gasteiger partial charge in [-0.25, -0.2) is 27.2 Å². The predicted octanol–water partition coefficient (Wildman–Crippen LogP) is 6.39. The standard InChI is InChI=1S/C29H31F2N5O3S/c1-17-6-5-7-20(32-17)15-21-16-23(34-22-12-11-19(18-9-10-18)14-24(22)40(2,37)38)26-28(33-21)36(29(35-26)27(30)31)25-8-3-4-13-39-25/h5-7,11-12,14,16,18,25,27H,3-4,8-10,13,15H2,1-2H3,(H,33,34). The molecule has 8 nitrogen and oxygen atoms in total. The van der Waals surface area contributed by atoms with Crippen molar-refractivity contribution in [1.82, 2.24) is 19.5 Å². The summed E-state index contributed by atoms with van der Waals surface area (Å²) in [5.74, 6) is -0.0499. The molecule has 11 heteroatoms. The van der Waals surface area contributed by atoms with E-state index >= 15 is 0 Å². The molecule has 1 N–H and O–H groups in total. The Balaban J connectivity index is 1.52. The van der Waals surface area contributed by atoms with Crippen LogP contribution in [0.1, 0.15) is 79.1 Å². The molecule has 1 saturated heterocycles. The highest BCUT2D eigenvalue weighted by Crippen LogP contribution is 2.42. The summed E-state index contributed by atoms with van der Waals surface area (Å²) < 4.78 is 61.6. The van der Waals surface area contributed by atoms with Crippen LogP contribution in [0.25, 0.3) is 11.2 Å². The van der Waals surface area contributed by atoms with Crippen LogP contribution in [0.15, 0.2) is 47.4 Å². The van der Waals surface area contributed by atoms with E-state index in [2.05, 4.69) is 15.3 Å². The van der Waals surface area contributed by atoms with Crippen molar-refractivity contribution >= 4 is 32.4 Å². The predicted molar refractivity (Wildman–Crippen MR) is 148 cm³/mol. The van der Waals surface area contributed by atoms with Crippen molar-refractivity contribution in [3.05, 3.63) is 70.9 Å². The van der Waals surface area contributed by atoms with Crippen molar-refractivity contribution in [2.75, 3.05) is 18.2 Å². The fourth-order valence-electron chi connectivity index (χ4n) is 5.33. The first-order valence-corrected chi connectivity index (χ1v) is 15.4. The topological polar surface area (TPSA) is 99.0 Å². The molecular weight excluding hydrogens is 536 g/mol. The number of halogens is 2. The molecular formula is C29H31F2N5O3S. The molecule has 1 aromatic carbocycles. The lowest BCUT2D eigenvalue weighted by atomic mass is 10.1. The first-order chi connectivity index (χ1) is 19.2. The molecule has 4 aromatic rings. The number of ether oxygens (including phenoxy) is 1. The van der Waals surface area contributed by atoms with Gasteiger partial charge in [-0.15, -0.1) is 0 Å². The number of rotatable bonds is 8. The number of aryl methyl sites for hydroxylation is 1. The number of benzene rings is 1. The van der Waals surface area contributed by atoms with E-state index in [1.54, 1.807) is 18.2 Å². The zero-order chi connectivity index (χ0) is 28.0. The molecule has 0 bridgehead atoms. The van der Waals surface area contributed by atoms with Crippen LogP contribution in [-0.4, -0.2) is 40.8 Å². The van der Waals surface area contributed by atoms with Gasteiger partial charge in [0.25, 0.3) is 6.43 Å². The number of hydrogen-bond acceptors (Lipinski definition) is 7. The highest BCUT2D eigenvalue weighted by Gasteiger charge is 2.30. The van der Waals surface area contributed by atoms with Crippen LogP contribution < -0.4 is 5.32 Å². The minimum atomic E-state index is -3.59. The molecule has 1 aliphatic carbocycles. The maximum atomic E-state index is 14.3. The van der Waals surface area contributed by atoms with E-state index in [-0.39, 0.29) is 16.1 Å². The van der Waals surface area contributed by atoms with Gasteiger partial charge in [0.15, 0.2) is 21.3 Å². The number of imidazole rings is 1. The van der Waals surface area contributed by atoms with Crippen molar-refractivity contribution in [2.45, 2.75) is 68.9 Å². The number of anilines is 2. The molecule has 1 aliphatic heterocycles. The van der Waals surface area contributed by atoms with Crippen LogP contribution in [0.3, 0.4) is 0 Å². The van der Waals surface area contributed by atoms with Crippen LogP contribution >= 0.6 is 0 Å². The van der Waals surface area contributed by atoms with Gasteiger partial charge in [0.05, 0.1) is 22.0 Å². The Bertz CT molecular complexity index is 1680. The second-order valence-corrected chi connectivity index (χ2v) is 12.7. The second-order valence-electron chi connectivity index (χ2n) is 10.7. The average molecular weight is 568 g/mol. The van der Waals surface area contributed by atoms with Crippen molar-refractivity contribution in [2.24, 2.45) is 0 Å². The fourth-order valence-corrected chi connectivity index (χ4v) is 6.20. The van der Waals surface area contributed by atoms with Gasteiger partial charge in [-0.05, 0) is 80.8 Å². The zero-order valence-corrected chi connectivity index (χ0v) is 23.2. The fraction of sp³-hybridized carbons (Fsp3) is 0.414. The normalized spacial score (nSPS) is 18.0. The molecule has 0 spiro atoms. The Morgan fingerprint density at radius 1 is 1.02 bits per heavy atom. The second kappa shape index (κ2) is 10.5. The summed E-state index contributed by atoms with van der Waals surface area (Å²) in [6, 6.07) is 12.8. The Morgan fingerprint density at radius 2 is 1.85 bits per heavy atom. The van der Waals surface area contributed by atoms with Crippen molar-refractivity contribution < 1.29 is 21.9 Å². The lowest BCUT2D eigenvalue weighted by Crippen LogP contribution is -2.20.